The molecule has 0 bridgehead atoms. The molecule has 3 heterocycles. The topological polar surface area (TPSA) is 127 Å². The molecule has 0 unspecified atom stereocenters. The maximum absolute atomic E-state index is 5.65. The molecule has 0 aliphatic heterocycles. The summed E-state index contributed by atoms with van der Waals surface area (Å²) in [4.78, 5) is 4.41. The second-order valence-electron chi connectivity index (χ2n) is 4.43. The average molecular weight is 307 g/mol. The first-order valence-corrected chi connectivity index (χ1v) is 6.61. The van der Waals surface area contributed by atoms with Crippen molar-refractivity contribution in [3.05, 3.63) is 42.7 Å². The van der Waals surface area contributed by atoms with Gasteiger partial charge in [-0.15, -0.1) is 20.4 Å². The molecule has 4 rings (SSSR count). The average Bonchev–Trinajstić information content (AvgIpc) is 3.00. The standard InChI is InChI=1S/C13H9N9O/c1-2-8(16-10-4-6-14-21-19-10)12-9(3-1)23-13(18-12)17-11-5-7-15-22-20-11/h1-7H,(H,14,16,19)(H,15,17,18,20). The van der Waals surface area contributed by atoms with Gasteiger partial charge in [0, 0.05) is 12.1 Å². The summed E-state index contributed by atoms with van der Waals surface area (Å²) in [5.41, 5.74) is 2.00. The Balaban J connectivity index is 1.67. The molecule has 3 aromatic heterocycles. The van der Waals surface area contributed by atoms with Crippen LogP contribution in [0.3, 0.4) is 0 Å². The van der Waals surface area contributed by atoms with E-state index in [1.807, 2.05) is 18.2 Å². The van der Waals surface area contributed by atoms with Gasteiger partial charge in [-0.1, -0.05) is 6.07 Å². The smallest absolute Gasteiger partial charge is 0.301 e. The van der Waals surface area contributed by atoms with Crippen molar-refractivity contribution >= 4 is 34.4 Å². The van der Waals surface area contributed by atoms with Crippen LogP contribution < -0.4 is 10.6 Å². The van der Waals surface area contributed by atoms with E-state index in [1.165, 1.54) is 6.20 Å². The lowest BCUT2D eigenvalue weighted by Crippen LogP contribution is -1.97. The quantitative estimate of drug-likeness (QED) is 0.574. The van der Waals surface area contributed by atoms with Crippen LogP contribution in [0, 0.1) is 0 Å². The van der Waals surface area contributed by atoms with Crippen molar-refractivity contribution in [3.8, 4) is 0 Å². The molecule has 0 atom stereocenters. The molecule has 2 N–H and O–H groups in total. The molecular weight excluding hydrogens is 298 g/mol. The number of aromatic nitrogens is 7. The van der Waals surface area contributed by atoms with Crippen LogP contribution in [0.4, 0.5) is 23.3 Å². The number of hydrogen-bond donors (Lipinski definition) is 2. The van der Waals surface area contributed by atoms with E-state index < -0.39 is 0 Å². The van der Waals surface area contributed by atoms with E-state index in [0.717, 1.165) is 5.69 Å². The summed E-state index contributed by atoms with van der Waals surface area (Å²) in [6.45, 7) is 0. The predicted molar refractivity (Wildman–Crippen MR) is 80.2 cm³/mol. The number of para-hydroxylation sites is 1. The van der Waals surface area contributed by atoms with Crippen molar-refractivity contribution in [2.45, 2.75) is 0 Å². The van der Waals surface area contributed by atoms with Crippen LogP contribution in [-0.4, -0.2) is 35.8 Å². The lowest BCUT2D eigenvalue weighted by molar-refractivity contribution is 0.621. The monoisotopic (exact) mass is 307 g/mol. The SMILES string of the molecule is c1cc(Nc2ccnnn2)c2nc(Nc3ccnnn3)oc2c1. The lowest BCUT2D eigenvalue weighted by atomic mass is 10.3. The normalized spacial score (nSPS) is 10.6. The fourth-order valence-corrected chi connectivity index (χ4v) is 1.97. The molecule has 10 heteroatoms. The molecule has 23 heavy (non-hydrogen) atoms. The molecule has 0 saturated carbocycles. The fraction of sp³-hybridized carbons (Fsp3) is 0. The Morgan fingerprint density at radius 2 is 1.57 bits per heavy atom. The second-order valence-corrected chi connectivity index (χ2v) is 4.43. The number of fused-ring (bicyclic) bond motifs is 1. The number of nitrogens with zero attached hydrogens (tertiary/aromatic N) is 7. The van der Waals surface area contributed by atoms with Gasteiger partial charge in [-0.2, -0.15) is 4.98 Å². The maximum Gasteiger partial charge on any atom is 0.301 e. The van der Waals surface area contributed by atoms with E-state index in [9.17, 15) is 0 Å². The number of nitrogens with one attached hydrogen (secondary N) is 2. The lowest BCUT2D eigenvalue weighted by Gasteiger charge is -2.03. The summed E-state index contributed by atoms with van der Waals surface area (Å²) in [6.07, 6.45) is 3.07. The van der Waals surface area contributed by atoms with Gasteiger partial charge in [0.1, 0.15) is 5.52 Å². The maximum atomic E-state index is 5.65. The number of hydrogen-bond acceptors (Lipinski definition) is 10. The third-order valence-corrected chi connectivity index (χ3v) is 2.92. The summed E-state index contributed by atoms with van der Waals surface area (Å²) in [5.74, 6) is 1.05. The minimum atomic E-state index is 0.301. The Kier molecular flexibility index (Phi) is 3.16. The van der Waals surface area contributed by atoms with Crippen molar-refractivity contribution in [1.82, 2.24) is 35.8 Å². The third kappa shape index (κ3) is 2.72. The summed E-state index contributed by atoms with van der Waals surface area (Å²) in [6, 6.07) is 9.19. The summed E-state index contributed by atoms with van der Waals surface area (Å²) in [7, 11) is 0. The fourth-order valence-electron chi connectivity index (χ4n) is 1.97. The third-order valence-electron chi connectivity index (χ3n) is 2.92. The molecule has 0 saturated heterocycles. The number of oxazole rings is 1. The van der Waals surface area contributed by atoms with Gasteiger partial charge in [-0.3, -0.25) is 5.32 Å². The van der Waals surface area contributed by atoms with Crippen LogP contribution in [0.5, 0.6) is 0 Å². The Hall–Kier alpha value is -3.69. The molecule has 0 radical (unpaired) electrons. The Morgan fingerprint density at radius 3 is 2.26 bits per heavy atom. The Morgan fingerprint density at radius 1 is 0.826 bits per heavy atom. The first kappa shape index (κ1) is 13.0. The van der Waals surface area contributed by atoms with Gasteiger partial charge in [0.25, 0.3) is 0 Å². The Bertz CT molecular complexity index is 926. The molecule has 0 aliphatic rings. The highest BCUT2D eigenvalue weighted by Crippen LogP contribution is 2.28. The minimum Gasteiger partial charge on any atom is -0.423 e. The van der Waals surface area contributed by atoms with E-state index in [2.05, 4.69) is 46.4 Å². The van der Waals surface area contributed by atoms with E-state index in [4.69, 9.17) is 4.42 Å². The predicted octanol–water partition coefficient (Wildman–Crippen LogP) is 1.68. The first-order chi connectivity index (χ1) is 11.4. The zero-order valence-corrected chi connectivity index (χ0v) is 11.6. The van der Waals surface area contributed by atoms with Crippen LogP contribution in [0.25, 0.3) is 11.1 Å². The number of anilines is 4. The van der Waals surface area contributed by atoms with Crippen molar-refractivity contribution < 1.29 is 4.42 Å². The molecule has 0 fully saturated rings. The number of rotatable bonds is 4. The van der Waals surface area contributed by atoms with E-state index in [0.29, 0.717) is 28.8 Å². The summed E-state index contributed by atoms with van der Waals surface area (Å²) >= 11 is 0. The molecule has 112 valence electrons. The molecular formula is C13H9N9O. The minimum absolute atomic E-state index is 0.301. The second kappa shape index (κ2) is 5.60. The largest absolute Gasteiger partial charge is 0.423 e. The van der Waals surface area contributed by atoms with Gasteiger partial charge in [-0.25, -0.2) is 0 Å². The highest BCUT2D eigenvalue weighted by molar-refractivity contribution is 5.89. The Labute approximate surface area is 129 Å². The van der Waals surface area contributed by atoms with Crippen molar-refractivity contribution in [1.29, 1.82) is 0 Å². The van der Waals surface area contributed by atoms with Crippen LogP contribution >= 0.6 is 0 Å². The van der Waals surface area contributed by atoms with E-state index in [1.54, 1.807) is 18.3 Å². The summed E-state index contributed by atoms with van der Waals surface area (Å²) < 4.78 is 5.65. The first-order valence-electron chi connectivity index (χ1n) is 6.61. The van der Waals surface area contributed by atoms with Crippen LogP contribution in [-0.2, 0) is 0 Å². The van der Waals surface area contributed by atoms with E-state index in [-0.39, 0.29) is 0 Å². The molecule has 10 nitrogen and oxygen atoms in total. The van der Waals surface area contributed by atoms with Crippen molar-refractivity contribution in [2.75, 3.05) is 10.6 Å². The highest BCUT2D eigenvalue weighted by Gasteiger charge is 2.11. The molecule has 0 aliphatic carbocycles. The molecule has 0 spiro atoms. The van der Waals surface area contributed by atoms with Crippen LogP contribution in [0.1, 0.15) is 0 Å². The molecule has 0 amide bonds. The highest BCUT2D eigenvalue weighted by atomic mass is 16.4. The van der Waals surface area contributed by atoms with Gasteiger partial charge in [0.15, 0.2) is 17.2 Å². The van der Waals surface area contributed by atoms with Crippen molar-refractivity contribution in [3.63, 3.8) is 0 Å². The zero-order chi connectivity index (χ0) is 15.5. The van der Waals surface area contributed by atoms with Gasteiger partial charge in [0.05, 0.1) is 18.1 Å². The summed E-state index contributed by atoms with van der Waals surface area (Å²) in [5, 5.41) is 28.1. The van der Waals surface area contributed by atoms with E-state index >= 15 is 0 Å². The van der Waals surface area contributed by atoms with Crippen molar-refractivity contribution in [2.24, 2.45) is 0 Å². The van der Waals surface area contributed by atoms with Crippen LogP contribution in [0.15, 0.2) is 47.1 Å². The van der Waals surface area contributed by atoms with Crippen LogP contribution in [0.2, 0.25) is 0 Å². The number of benzene rings is 1. The van der Waals surface area contributed by atoms with Gasteiger partial charge in [0.2, 0.25) is 0 Å². The van der Waals surface area contributed by atoms with Gasteiger partial charge >= 0.3 is 6.01 Å². The van der Waals surface area contributed by atoms with Gasteiger partial charge < -0.3 is 9.73 Å². The molecule has 1 aromatic carbocycles. The molecule has 4 aromatic rings. The zero-order valence-electron chi connectivity index (χ0n) is 11.6. The van der Waals surface area contributed by atoms with Gasteiger partial charge in [-0.05, 0) is 22.6 Å².